The van der Waals surface area contributed by atoms with E-state index in [9.17, 15) is 5.11 Å². The highest BCUT2D eigenvalue weighted by atomic mass is 32.1. The first-order valence-corrected chi connectivity index (χ1v) is 7.62. The summed E-state index contributed by atoms with van der Waals surface area (Å²) in [4.78, 5) is 1.25. The Morgan fingerprint density at radius 2 is 2.26 bits per heavy atom. The molecule has 1 unspecified atom stereocenters. The second-order valence-corrected chi connectivity index (χ2v) is 6.36. The van der Waals surface area contributed by atoms with Gasteiger partial charge in [0.05, 0.1) is 0 Å². The van der Waals surface area contributed by atoms with Crippen molar-refractivity contribution in [3.05, 3.63) is 16.5 Å². The van der Waals surface area contributed by atoms with Gasteiger partial charge in [0.2, 0.25) is 0 Å². The summed E-state index contributed by atoms with van der Waals surface area (Å²) in [5.41, 5.74) is 1.76. The maximum atomic E-state index is 9.79. The van der Waals surface area contributed by atoms with Crippen LogP contribution in [0.2, 0.25) is 0 Å². The van der Waals surface area contributed by atoms with Gasteiger partial charge in [-0.2, -0.15) is 0 Å². The largest absolute Gasteiger partial charge is 0.481 e. The van der Waals surface area contributed by atoms with E-state index in [1.54, 1.807) is 11.3 Å². The Kier molecular flexibility index (Phi) is 4.96. The van der Waals surface area contributed by atoms with Gasteiger partial charge >= 0.3 is 0 Å². The summed E-state index contributed by atoms with van der Waals surface area (Å²) in [5, 5.41) is 21.7. The lowest BCUT2D eigenvalue weighted by Gasteiger charge is -2.14. The molecule has 5 heteroatoms. The molecular weight excluding hydrogens is 260 g/mol. The second kappa shape index (κ2) is 6.50. The Balaban J connectivity index is 1.85. The Morgan fingerprint density at radius 1 is 1.47 bits per heavy atom. The van der Waals surface area contributed by atoms with Crippen LogP contribution in [-0.2, 0) is 6.42 Å². The molecule has 1 atom stereocenters. The van der Waals surface area contributed by atoms with E-state index in [-0.39, 0.29) is 0 Å². The summed E-state index contributed by atoms with van der Waals surface area (Å²) in [6.07, 6.45) is 2.47. The van der Waals surface area contributed by atoms with E-state index >= 15 is 0 Å². The minimum atomic E-state index is -0.499. The van der Waals surface area contributed by atoms with Crippen molar-refractivity contribution in [2.24, 2.45) is 0 Å². The summed E-state index contributed by atoms with van der Waals surface area (Å²) >= 11 is 1.61. The highest BCUT2D eigenvalue weighted by Gasteiger charge is 2.18. The van der Waals surface area contributed by atoms with Crippen LogP contribution in [-0.4, -0.2) is 36.1 Å². The molecule has 0 amide bonds. The number of hydrogen-bond donors (Lipinski definition) is 3. The Bertz CT molecular complexity index is 443. The molecule has 0 spiro atoms. The average molecular weight is 282 g/mol. The van der Waals surface area contributed by atoms with Crippen molar-refractivity contribution < 1.29 is 9.84 Å². The number of rotatable bonds is 6. The topological polar surface area (TPSA) is 65.3 Å². The van der Waals surface area contributed by atoms with Gasteiger partial charge < -0.3 is 20.6 Å². The molecule has 3 N–H and O–H groups in total. The molecule has 106 valence electrons. The fourth-order valence-electron chi connectivity index (χ4n) is 2.09. The standard InChI is InChI=1S/C14H22N2O2S/c1-9(2)16-7-10(17)8-18-14-6-11-12(15)4-3-5-13(11)19-14/h6,9-10,15-17H,3-5,7-8H2,1-2H3. The summed E-state index contributed by atoms with van der Waals surface area (Å²) in [6.45, 7) is 4.93. The maximum Gasteiger partial charge on any atom is 0.174 e. The number of fused-ring (bicyclic) bond motifs is 1. The van der Waals surface area contributed by atoms with E-state index in [2.05, 4.69) is 5.32 Å². The van der Waals surface area contributed by atoms with E-state index in [0.717, 1.165) is 35.6 Å². The van der Waals surface area contributed by atoms with Crippen LogP contribution in [0.1, 0.15) is 37.1 Å². The van der Waals surface area contributed by atoms with E-state index < -0.39 is 6.10 Å². The molecule has 0 aromatic carbocycles. The first-order chi connectivity index (χ1) is 9.06. The average Bonchev–Trinajstić information content (AvgIpc) is 2.78. The molecule has 0 bridgehead atoms. The third-order valence-corrected chi connectivity index (χ3v) is 4.23. The second-order valence-electron chi connectivity index (χ2n) is 5.26. The summed E-state index contributed by atoms with van der Waals surface area (Å²) in [7, 11) is 0. The lowest BCUT2D eigenvalue weighted by atomic mass is 9.97. The molecule has 0 saturated carbocycles. The van der Waals surface area contributed by atoms with Gasteiger partial charge in [-0.25, -0.2) is 0 Å². The molecule has 19 heavy (non-hydrogen) atoms. The predicted molar refractivity (Wildman–Crippen MR) is 78.7 cm³/mol. The first-order valence-electron chi connectivity index (χ1n) is 6.81. The van der Waals surface area contributed by atoms with Crippen LogP contribution < -0.4 is 10.1 Å². The Hall–Kier alpha value is -0.910. The fraction of sp³-hybridized carbons (Fsp3) is 0.643. The van der Waals surface area contributed by atoms with Crippen LogP contribution in [0.25, 0.3) is 0 Å². The van der Waals surface area contributed by atoms with Crippen molar-refractivity contribution in [1.82, 2.24) is 5.32 Å². The molecule has 0 saturated heterocycles. The monoisotopic (exact) mass is 282 g/mol. The number of aryl methyl sites for hydroxylation is 1. The van der Waals surface area contributed by atoms with Crippen molar-refractivity contribution in [2.45, 2.75) is 45.3 Å². The van der Waals surface area contributed by atoms with Gasteiger partial charge in [-0.3, -0.25) is 0 Å². The van der Waals surface area contributed by atoms with Gasteiger partial charge in [-0.1, -0.05) is 13.8 Å². The number of thiophene rings is 1. The van der Waals surface area contributed by atoms with Crippen molar-refractivity contribution in [1.29, 1.82) is 5.41 Å². The number of aliphatic hydroxyl groups excluding tert-OH is 1. The summed E-state index contributed by atoms with van der Waals surface area (Å²) < 4.78 is 5.63. The van der Waals surface area contributed by atoms with Gasteiger partial charge in [0, 0.05) is 34.8 Å². The normalized spacial score (nSPS) is 16.5. The van der Waals surface area contributed by atoms with Crippen LogP contribution in [0.4, 0.5) is 0 Å². The van der Waals surface area contributed by atoms with Gasteiger partial charge in [0.25, 0.3) is 0 Å². The van der Waals surface area contributed by atoms with Crippen molar-refractivity contribution >= 4 is 17.0 Å². The Morgan fingerprint density at radius 3 is 2.95 bits per heavy atom. The fourth-order valence-corrected chi connectivity index (χ4v) is 3.17. The Labute approximate surface area is 118 Å². The zero-order chi connectivity index (χ0) is 13.8. The molecule has 0 aliphatic heterocycles. The lowest BCUT2D eigenvalue weighted by molar-refractivity contribution is 0.106. The van der Waals surface area contributed by atoms with E-state index in [0.29, 0.717) is 19.2 Å². The number of nitrogens with one attached hydrogen (secondary N) is 2. The first kappa shape index (κ1) is 14.5. The van der Waals surface area contributed by atoms with Crippen LogP contribution in [0.15, 0.2) is 6.07 Å². The maximum absolute atomic E-state index is 9.79. The molecule has 1 aliphatic rings. The zero-order valence-electron chi connectivity index (χ0n) is 11.5. The molecule has 0 radical (unpaired) electrons. The highest BCUT2D eigenvalue weighted by Crippen LogP contribution is 2.34. The van der Waals surface area contributed by atoms with Gasteiger partial charge in [-0.15, -0.1) is 11.3 Å². The van der Waals surface area contributed by atoms with Crippen molar-refractivity contribution in [3.63, 3.8) is 0 Å². The summed E-state index contributed by atoms with van der Waals surface area (Å²) in [5.74, 6) is 0. The number of hydrogen-bond acceptors (Lipinski definition) is 5. The van der Waals surface area contributed by atoms with Crippen LogP contribution in [0, 0.1) is 5.41 Å². The van der Waals surface area contributed by atoms with Gasteiger partial charge in [0.15, 0.2) is 5.06 Å². The molecular formula is C14H22N2O2S. The minimum Gasteiger partial charge on any atom is -0.481 e. The van der Waals surface area contributed by atoms with E-state index in [1.165, 1.54) is 4.88 Å². The molecule has 1 aromatic heterocycles. The minimum absolute atomic E-state index is 0.298. The third-order valence-electron chi connectivity index (χ3n) is 3.12. The third kappa shape index (κ3) is 4.03. The van der Waals surface area contributed by atoms with E-state index in [4.69, 9.17) is 10.1 Å². The molecule has 1 aromatic rings. The highest BCUT2D eigenvalue weighted by molar-refractivity contribution is 7.14. The number of aliphatic hydroxyl groups is 1. The smallest absolute Gasteiger partial charge is 0.174 e. The zero-order valence-corrected chi connectivity index (χ0v) is 12.3. The SMILES string of the molecule is CC(C)NCC(O)COc1cc2c(s1)CCCC2=N. The molecule has 0 fully saturated rings. The summed E-state index contributed by atoms with van der Waals surface area (Å²) in [6, 6.07) is 2.31. The quantitative estimate of drug-likeness (QED) is 0.749. The van der Waals surface area contributed by atoms with Crippen LogP contribution in [0.5, 0.6) is 5.06 Å². The van der Waals surface area contributed by atoms with Gasteiger partial charge in [0.1, 0.15) is 12.7 Å². The van der Waals surface area contributed by atoms with E-state index in [1.807, 2.05) is 19.9 Å². The predicted octanol–water partition coefficient (Wildman–Crippen LogP) is 2.19. The molecule has 2 rings (SSSR count). The molecule has 1 aliphatic carbocycles. The van der Waals surface area contributed by atoms with Crippen LogP contribution in [0.3, 0.4) is 0 Å². The van der Waals surface area contributed by atoms with Crippen molar-refractivity contribution in [3.8, 4) is 5.06 Å². The lowest BCUT2D eigenvalue weighted by Crippen LogP contribution is -2.35. The van der Waals surface area contributed by atoms with Crippen molar-refractivity contribution in [2.75, 3.05) is 13.2 Å². The molecule has 1 heterocycles. The van der Waals surface area contributed by atoms with Crippen LogP contribution >= 0.6 is 11.3 Å². The molecule has 4 nitrogen and oxygen atoms in total. The number of ether oxygens (including phenoxy) is 1. The van der Waals surface area contributed by atoms with Gasteiger partial charge in [-0.05, 0) is 19.3 Å².